The molecule has 1 atom stereocenters. The minimum absolute atomic E-state index is 0.191. The van der Waals surface area contributed by atoms with Gasteiger partial charge in [0.25, 0.3) is 5.91 Å². The zero-order valence-electron chi connectivity index (χ0n) is 20.3. The third-order valence-corrected chi connectivity index (χ3v) is 6.82. The SMILES string of the molecule is O=C(CCc1ccc(C(=O)NC[C@H](N=S(=O)=O)C(=O)O)s1)NC1=NCCCN1.c1ccc2ccccc2c1. The third kappa shape index (κ3) is 9.41. The molecule has 2 amide bonds. The Bertz CT molecular complexity index is 1380. The molecule has 0 bridgehead atoms. The lowest BCUT2D eigenvalue weighted by atomic mass is 10.1. The number of hydrogen-bond donors (Lipinski definition) is 4. The van der Waals surface area contributed by atoms with Crippen molar-refractivity contribution in [2.45, 2.75) is 25.3 Å². The lowest BCUT2D eigenvalue weighted by Gasteiger charge is -2.14. The van der Waals surface area contributed by atoms with E-state index in [2.05, 4.69) is 73.8 Å². The summed E-state index contributed by atoms with van der Waals surface area (Å²) >= 11 is 1.17. The van der Waals surface area contributed by atoms with Gasteiger partial charge < -0.3 is 15.7 Å². The third-order valence-electron chi connectivity index (χ3n) is 5.25. The molecule has 200 valence electrons. The number of guanidine groups is 1. The number of amides is 2. The number of carboxylic acid groups (broad SMARTS) is 1. The Kier molecular flexibility index (Phi) is 10.9. The Hall–Kier alpha value is -4.10. The standard InChI is InChI=1S/C15H19N5O6S2.C10H8/c21-12(19-15-16-6-1-7-17-15)5-3-9-2-4-11(27-9)13(22)18-8-10(14(23)24)20-28(25)26;1-2-6-10-8-4-3-7-9(10)5-1/h2,4,10H,1,3,5-8H2,(H,18,22)(H,23,24)(H2,16,17,19,21);1-8H/t10-;/m0./s1. The smallest absolute Gasteiger partial charge is 0.331 e. The van der Waals surface area contributed by atoms with Gasteiger partial charge >= 0.3 is 16.5 Å². The Labute approximate surface area is 224 Å². The van der Waals surface area contributed by atoms with Gasteiger partial charge in [-0.1, -0.05) is 48.5 Å². The van der Waals surface area contributed by atoms with Crippen LogP contribution in [0.4, 0.5) is 0 Å². The molecule has 0 saturated heterocycles. The molecule has 11 nitrogen and oxygen atoms in total. The fraction of sp³-hybridized carbons (Fsp3) is 0.280. The molecule has 0 radical (unpaired) electrons. The highest BCUT2D eigenvalue weighted by Gasteiger charge is 2.19. The van der Waals surface area contributed by atoms with Crippen LogP contribution in [0.1, 0.15) is 27.4 Å². The average Bonchev–Trinajstić information content (AvgIpc) is 3.40. The van der Waals surface area contributed by atoms with E-state index in [1.807, 2.05) is 0 Å². The number of aryl methyl sites for hydroxylation is 1. The maximum Gasteiger partial charge on any atom is 0.331 e. The molecule has 4 N–H and O–H groups in total. The van der Waals surface area contributed by atoms with Crippen LogP contribution in [0.5, 0.6) is 0 Å². The van der Waals surface area contributed by atoms with Crippen LogP contribution in [-0.2, 0) is 26.5 Å². The van der Waals surface area contributed by atoms with Crippen molar-refractivity contribution in [3.63, 3.8) is 0 Å². The van der Waals surface area contributed by atoms with E-state index in [9.17, 15) is 22.8 Å². The average molecular weight is 558 g/mol. The number of fused-ring (bicyclic) bond motifs is 1. The first-order chi connectivity index (χ1) is 18.3. The van der Waals surface area contributed by atoms with E-state index in [0.717, 1.165) is 17.8 Å². The van der Waals surface area contributed by atoms with Crippen molar-refractivity contribution < 1.29 is 27.9 Å². The zero-order chi connectivity index (χ0) is 27.3. The van der Waals surface area contributed by atoms with Gasteiger partial charge in [0.05, 0.1) is 11.4 Å². The lowest BCUT2D eigenvalue weighted by Crippen LogP contribution is -2.43. The van der Waals surface area contributed by atoms with Gasteiger partial charge in [-0.15, -0.1) is 11.3 Å². The van der Waals surface area contributed by atoms with Crippen molar-refractivity contribution in [2.75, 3.05) is 19.6 Å². The molecule has 2 aromatic carbocycles. The molecular weight excluding hydrogens is 530 g/mol. The number of rotatable bonds is 8. The van der Waals surface area contributed by atoms with Crippen LogP contribution in [-0.4, -0.2) is 62.9 Å². The van der Waals surface area contributed by atoms with Crippen LogP contribution in [0.25, 0.3) is 10.8 Å². The van der Waals surface area contributed by atoms with Crippen molar-refractivity contribution in [2.24, 2.45) is 9.36 Å². The minimum atomic E-state index is -2.89. The highest BCUT2D eigenvalue weighted by molar-refractivity contribution is 7.61. The Morgan fingerprint density at radius 2 is 1.71 bits per heavy atom. The molecule has 13 heteroatoms. The molecule has 3 aromatic rings. The first kappa shape index (κ1) is 28.5. The van der Waals surface area contributed by atoms with Crippen molar-refractivity contribution >= 4 is 56.4 Å². The van der Waals surface area contributed by atoms with E-state index in [1.54, 1.807) is 12.1 Å². The summed E-state index contributed by atoms with van der Waals surface area (Å²) in [4.78, 5) is 40.2. The van der Waals surface area contributed by atoms with Gasteiger partial charge in [-0.05, 0) is 35.7 Å². The second-order valence-corrected chi connectivity index (χ2v) is 9.87. The first-order valence-corrected chi connectivity index (χ1v) is 13.6. The fourth-order valence-corrected chi connectivity index (χ4v) is 4.66. The van der Waals surface area contributed by atoms with E-state index in [1.165, 1.54) is 22.1 Å². The number of nitrogens with zero attached hydrogens (tertiary/aromatic N) is 2. The van der Waals surface area contributed by atoms with Crippen LogP contribution < -0.4 is 16.0 Å². The van der Waals surface area contributed by atoms with E-state index in [4.69, 9.17) is 5.11 Å². The molecule has 2 heterocycles. The number of carbonyl (C=O) groups is 3. The number of carbonyl (C=O) groups excluding carboxylic acids is 2. The summed E-state index contributed by atoms with van der Waals surface area (Å²) in [6.07, 6.45) is 1.58. The van der Waals surface area contributed by atoms with E-state index in [-0.39, 0.29) is 12.3 Å². The van der Waals surface area contributed by atoms with Gasteiger partial charge in [0.1, 0.15) is 0 Å². The quantitative estimate of drug-likeness (QED) is 0.329. The summed E-state index contributed by atoms with van der Waals surface area (Å²) in [5.74, 6) is -1.72. The van der Waals surface area contributed by atoms with Gasteiger partial charge in [-0.25, -0.2) is 4.79 Å². The number of hydrogen-bond acceptors (Lipinski definition) is 9. The van der Waals surface area contributed by atoms with Crippen molar-refractivity contribution in [1.29, 1.82) is 0 Å². The first-order valence-electron chi connectivity index (χ1n) is 11.7. The molecule has 0 aliphatic carbocycles. The van der Waals surface area contributed by atoms with Crippen LogP contribution in [0.3, 0.4) is 0 Å². The minimum Gasteiger partial charge on any atom is -0.480 e. The van der Waals surface area contributed by atoms with Gasteiger partial charge in [0.15, 0.2) is 12.0 Å². The van der Waals surface area contributed by atoms with Gasteiger partial charge in [0, 0.05) is 24.4 Å². The number of aliphatic carboxylic acids is 1. The predicted octanol–water partition coefficient (Wildman–Crippen LogP) is 2.23. The van der Waals surface area contributed by atoms with Crippen LogP contribution in [0.2, 0.25) is 0 Å². The lowest BCUT2D eigenvalue weighted by molar-refractivity contribution is -0.138. The van der Waals surface area contributed by atoms with Crippen molar-refractivity contribution in [3.05, 3.63) is 70.4 Å². The van der Waals surface area contributed by atoms with Crippen molar-refractivity contribution in [3.8, 4) is 0 Å². The Morgan fingerprint density at radius 3 is 2.26 bits per heavy atom. The molecule has 0 fully saturated rings. The molecule has 0 saturated carbocycles. The highest BCUT2D eigenvalue weighted by Crippen LogP contribution is 2.18. The van der Waals surface area contributed by atoms with Crippen LogP contribution >= 0.6 is 11.3 Å². The molecule has 0 spiro atoms. The summed E-state index contributed by atoms with van der Waals surface area (Å²) in [5.41, 5.74) is 0. The number of thiophene rings is 1. The second-order valence-electron chi connectivity index (χ2n) is 8.06. The predicted molar refractivity (Wildman–Crippen MR) is 145 cm³/mol. The maximum atomic E-state index is 12.1. The Balaban J connectivity index is 0.000000329. The summed E-state index contributed by atoms with van der Waals surface area (Å²) in [5, 5.41) is 19.5. The van der Waals surface area contributed by atoms with Gasteiger partial charge in [-0.2, -0.15) is 12.8 Å². The monoisotopic (exact) mass is 557 g/mol. The molecule has 1 aromatic heterocycles. The van der Waals surface area contributed by atoms with E-state index < -0.39 is 35.0 Å². The molecule has 4 rings (SSSR count). The zero-order valence-corrected chi connectivity index (χ0v) is 21.9. The summed E-state index contributed by atoms with van der Waals surface area (Å²) in [7, 11) is -2.89. The van der Waals surface area contributed by atoms with Crippen LogP contribution in [0.15, 0.2) is 70.0 Å². The van der Waals surface area contributed by atoms with Crippen LogP contribution in [0, 0.1) is 0 Å². The summed E-state index contributed by atoms with van der Waals surface area (Å²) in [6.45, 7) is 0.989. The summed E-state index contributed by atoms with van der Waals surface area (Å²) < 4.78 is 24.0. The topological polar surface area (TPSA) is 166 Å². The molecular formula is C25H27N5O6S2. The maximum absolute atomic E-state index is 12.1. The van der Waals surface area contributed by atoms with Gasteiger partial charge in [0.2, 0.25) is 5.91 Å². The number of aliphatic imine (C=N–C) groups is 1. The molecule has 1 aliphatic heterocycles. The molecule has 1 aliphatic rings. The largest absolute Gasteiger partial charge is 0.480 e. The normalized spacial score (nSPS) is 13.1. The number of carboxylic acids is 1. The fourth-order valence-electron chi connectivity index (χ4n) is 3.36. The molecule has 0 unspecified atom stereocenters. The number of benzene rings is 2. The van der Waals surface area contributed by atoms with Crippen molar-refractivity contribution in [1.82, 2.24) is 16.0 Å². The molecule has 38 heavy (non-hydrogen) atoms. The van der Waals surface area contributed by atoms with Gasteiger partial charge in [-0.3, -0.25) is 19.9 Å². The van der Waals surface area contributed by atoms with E-state index in [0.29, 0.717) is 23.8 Å². The highest BCUT2D eigenvalue weighted by atomic mass is 32.2. The van der Waals surface area contributed by atoms with E-state index >= 15 is 0 Å². The second kappa shape index (κ2) is 14.6. The summed E-state index contributed by atoms with van der Waals surface area (Å²) in [6, 6.07) is 18.4. The Morgan fingerprint density at radius 1 is 1.05 bits per heavy atom. The number of nitrogens with one attached hydrogen (secondary N) is 3.